The number of hydrogen-bond donors (Lipinski definition) is 3. The largest absolute Gasteiger partial charge is 0.447 e. The van der Waals surface area contributed by atoms with Gasteiger partial charge >= 0.3 is 12.1 Å². The maximum absolute atomic E-state index is 12.0. The van der Waals surface area contributed by atoms with Crippen molar-refractivity contribution in [3.63, 3.8) is 0 Å². The molecule has 3 aromatic rings. The van der Waals surface area contributed by atoms with E-state index < -0.39 is 6.09 Å². The summed E-state index contributed by atoms with van der Waals surface area (Å²) in [4.78, 5) is 32.5. The van der Waals surface area contributed by atoms with Crippen molar-refractivity contribution in [2.45, 2.75) is 20.4 Å². The predicted octanol–water partition coefficient (Wildman–Crippen LogP) is 3.62. The molecule has 0 saturated heterocycles. The second kappa shape index (κ2) is 11.1. The molecule has 1 aromatic carbocycles. The smallest absolute Gasteiger partial charge is 0.407 e. The molecule has 2 heterocycles. The van der Waals surface area contributed by atoms with Crippen LogP contribution >= 0.6 is 0 Å². The Bertz CT molecular complexity index is 1100. The molecule has 0 bridgehead atoms. The molecule has 0 fully saturated rings. The molecule has 0 aliphatic rings. The molecule has 0 spiro atoms. The lowest BCUT2D eigenvalue weighted by Crippen LogP contribution is -2.28. The number of urea groups is 1. The van der Waals surface area contributed by atoms with Crippen LogP contribution in [0.1, 0.15) is 18.2 Å². The number of rotatable bonds is 8. The van der Waals surface area contributed by atoms with Crippen molar-refractivity contribution in [1.82, 2.24) is 20.6 Å². The fraction of sp³-hybridized carbons (Fsp3) is 0.304. The molecule has 32 heavy (non-hydrogen) atoms. The summed E-state index contributed by atoms with van der Waals surface area (Å²) in [6.07, 6.45) is 2.94. The van der Waals surface area contributed by atoms with E-state index in [2.05, 4.69) is 25.9 Å². The van der Waals surface area contributed by atoms with Gasteiger partial charge in [0.25, 0.3) is 0 Å². The van der Waals surface area contributed by atoms with Crippen LogP contribution in [0.2, 0.25) is 0 Å². The van der Waals surface area contributed by atoms with E-state index in [1.807, 2.05) is 44.2 Å². The number of carbonyl (C=O) groups excluding carboxylic acids is 2. The molecule has 0 aliphatic carbocycles. The number of ether oxygens (including phenoxy) is 2. The topological polar surface area (TPSA) is 114 Å². The van der Waals surface area contributed by atoms with Crippen LogP contribution in [0.4, 0.5) is 15.4 Å². The van der Waals surface area contributed by atoms with Gasteiger partial charge in [-0.15, -0.1) is 0 Å². The third-order valence-electron chi connectivity index (χ3n) is 4.72. The average molecular weight is 438 g/mol. The van der Waals surface area contributed by atoms with Crippen molar-refractivity contribution in [2.75, 3.05) is 32.2 Å². The van der Waals surface area contributed by atoms with Crippen molar-refractivity contribution >= 4 is 28.7 Å². The van der Waals surface area contributed by atoms with E-state index in [9.17, 15) is 9.59 Å². The summed E-state index contributed by atoms with van der Waals surface area (Å²) in [7, 11) is 1.54. The van der Waals surface area contributed by atoms with Crippen LogP contribution in [0.25, 0.3) is 21.9 Å². The van der Waals surface area contributed by atoms with Gasteiger partial charge in [-0.05, 0) is 54.1 Å². The minimum absolute atomic E-state index is 0.180. The van der Waals surface area contributed by atoms with Crippen LogP contribution in [-0.4, -0.2) is 49.0 Å². The van der Waals surface area contributed by atoms with E-state index in [0.29, 0.717) is 19.0 Å². The summed E-state index contributed by atoms with van der Waals surface area (Å²) < 4.78 is 9.93. The molecule has 3 N–H and O–H groups in total. The van der Waals surface area contributed by atoms with Gasteiger partial charge in [0.15, 0.2) is 0 Å². The highest BCUT2D eigenvalue weighted by Crippen LogP contribution is 2.32. The molecule has 0 unspecified atom stereocenters. The Morgan fingerprint density at radius 1 is 1.03 bits per heavy atom. The number of anilines is 1. The van der Waals surface area contributed by atoms with Gasteiger partial charge in [-0.2, -0.15) is 0 Å². The van der Waals surface area contributed by atoms with Crippen molar-refractivity contribution in [2.24, 2.45) is 0 Å². The van der Waals surface area contributed by atoms with Gasteiger partial charge in [0, 0.05) is 43.7 Å². The Hall–Kier alpha value is -3.72. The first-order valence-electron chi connectivity index (χ1n) is 10.3. The van der Waals surface area contributed by atoms with E-state index in [0.717, 1.165) is 33.2 Å². The van der Waals surface area contributed by atoms with Crippen molar-refractivity contribution < 1.29 is 19.1 Å². The molecule has 0 atom stereocenters. The fourth-order valence-electron chi connectivity index (χ4n) is 3.24. The van der Waals surface area contributed by atoms with E-state index in [1.54, 1.807) is 19.5 Å². The molecular weight excluding hydrogens is 410 g/mol. The third-order valence-corrected chi connectivity index (χ3v) is 4.72. The highest BCUT2D eigenvalue weighted by molar-refractivity contribution is 6.01. The maximum atomic E-state index is 12.0. The number of amides is 3. The number of fused-ring (bicyclic) bond motifs is 1. The molecule has 2 aromatic heterocycles. The first-order chi connectivity index (χ1) is 15.5. The summed E-state index contributed by atoms with van der Waals surface area (Å²) in [6, 6.07) is 9.37. The Morgan fingerprint density at radius 2 is 1.88 bits per heavy atom. The Kier molecular flexibility index (Phi) is 7.93. The van der Waals surface area contributed by atoms with Gasteiger partial charge < -0.3 is 20.1 Å². The second-order valence-electron chi connectivity index (χ2n) is 7.04. The van der Waals surface area contributed by atoms with Crippen LogP contribution in [0.5, 0.6) is 0 Å². The zero-order valence-electron chi connectivity index (χ0n) is 18.4. The first kappa shape index (κ1) is 23.0. The number of carbonyl (C=O) groups is 2. The molecular formula is C23H27N5O4. The number of aryl methyl sites for hydroxylation is 1. The summed E-state index contributed by atoms with van der Waals surface area (Å²) in [5, 5.41) is 9.94. The van der Waals surface area contributed by atoms with Crippen molar-refractivity contribution in [3.8, 4) is 11.1 Å². The lowest BCUT2D eigenvalue weighted by molar-refractivity contribution is 0.0983. The first-order valence-corrected chi connectivity index (χ1v) is 10.3. The minimum Gasteiger partial charge on any atom is -0.447 e. The highest BCUT2D eigenvalue weighted by atomic mass is 16.6. The van der Waals surface area contributed by atoms with Crippen LogP contribution in [-0.2, 0) is 16.0 Å². The van der Waals surface area contributed by atoms with Crippen LogP contribution in [0, 0.1) is 6.92 Å². The molecule has 0 aliphatic heterocycles. The molecule has 9 heteroatoms. The van der Waals surface area contributed by atoms with Crippen molar-refractivity contribution in [1.29, 1.82) is 0 Å². The highest BCUT2D eigenvalue weighted by Gasteiger charge is 2.12. The van der Waals surface area contributed by atoms with Gasteiger partial charge in [-0.25, -0.2) is 14.6 Å². The van der Waals surface area contributed by atoms with Gasteiger partial charge in [-0.1, -0.05) is 12.1 Å². The molecule has 9 nitrogen and oxygen atoms in total. The third kappa shape index (κ3) is 5.92. The number of methoxy groups -OCH3 is 1. The molecule has 0 radical (unpaired) electrons. The van der Waals surface area contributed by atoms with Gasteiger partial charge in [-0.3, -0.25) is 10.3 Å². The quantitative estimate of drug-likeness (QED) is 0.464. The zero-order valence-corrected chi connectivity index (χ0v) is 18.4. The minimum atomic E-state index is -0.522. The number of nitrogens with zero attached hydrogens (tertiary/aromatic N) is 2. The van der Waals surface area contributed by atoms with Crippen LogP contribution < -0.4 is 16.0 Å². The van der Waals surface area contributed by atoms with Crippen molar-refractivity contribution in [3.05, 3.63) is 54.0 Å². The fourth-order valence-corrected chi connectivity index (χ4v) is 3.24. The van der Waals surface area contributed by atoms with Crippen LogP contribution in [0.15, 0.2) is 42.7 Å². The van der Waals surface area contributed by atoms with Gasteiger partial charge in [0.05, 0.1) is 6.61 Å². The standard InChI is InChI=1S/C23H27N5O4/c1-4-24-22(29)28-21-12-19-18(16-7-8-25-15(2)11-16)6-5-17(20(19)14-26-21)13-27-23(30)32-10-9-31-3/h5-8,11-12,14H,4,9-10,13H2,1-3H3,(H,27,30)(H2,24,26,28,29). The van der Waals surface area contributed by atoms with Gasteiger partial charge in [0.2, 0.25) is 0 Å². The number of pyridine rings is 2. The van der Waals surface area contributed by atoms with E-state index in [1.165, 1.54) is 0 Å². The van der Waals surface area contributed by atoms with E-state index in [4.69, 9.17) is 9.47 Å². The van der Waals surface area contributed by atoms with E-state index in [-0.39, 0.29) is 19.2 Å². The van der Waals surface area contributed by atoms with E-state index >= 15 is 0 Å². The zero-order chi connectivity index (χ0) is 22.9. The lowest BCUT2D eigenvalue weighted by atomic mass is 9.96. The Balaban J connectivity index is 1.95. The van der Waals surface area contributed by atoms with Crippen LogP contribution in [0.3, 0.4) is 0 Å². The summed E-state index contributed by atoms with van der Waals surface area (Å²) >= 11 is 0. The monoisotopic (exact) mass is 437 g/mol. The Labute approximate surface area is 186 Å². The number of alkyl carbamates (subject to hydrolysis) is 1. The molecule has 0 saturated carbocycles. The molecule has 168 valence electrons. The number of benzene rings is 1. The SMILES string of the molecule is CCNC(=O)Nc1cc2c(-c3ccnc(C)c3)ccc(CNC(=O)OCCOC)c2cn1. The summed E-state index contributed by atoms with van der Waals surface area (Å²) in [5.74, 6) is 0.430. The Morgan fingerprint density at radius 3 is 2.62 bits per heavy atom. The van der Waals surface area contributed by atoms with Gasteiger partial charge in [0.1, 0.15) is 12.4 Å². The lowest BCUT2D eigenvalue weighted by Gasteiger charge is -2.14. The number of hydrogen-bond acceptors (Lipinski definition) is 6. The second-order valence-corrected chi connectivity index (χ2v) is 7.04. The maximum Gasteiger partial charge on any atom is 0.407 e. The predicted molar refractivity (Wildman–Crippen MR) is 122 cm³/mol. The summed E-state index contributed by atoms with van der Waals surface area (Å²) in [6.45, 7) is 5.07. The summed E-state index contributed by atoms with van der Waals surface area (Å²) in [5.41, 5.74) is 3.74. The number of nitrogens with one attached hydrogen (secondary N) is 3. The normalized spacial score (nSPS) is 10.6. The molecule has 3 rings (SSSR count). The average Bonchev–Trinajstić information content (AvgIpc) is 2.77. The number of aromatic nitrogens is 2. The molecule has 3 amide bonds.